The van der Waals surface area contributed by atoms with Crippen LogP contribution in [0.4, 0.5) is 0 Å². The molecule has 0 bridgehead atoms. The number of hydrazone groups is 1. The predicted molar refractivity (Wildman–Crippen MR) is 115 cm³/mol. The van der Waals surface area contributed by atoms with E-state index >= 15 is 0 Å². The molecule has 5 rings (SSSR count). The summed E-state index contributed by atoms with van der Waals surface area (Å²) < 4.78 is 12.8. The molecular weight excluding hydrogens is 438 g/mol. The second-order valence-corrected chi connectivity index (χ2v) is 8.13. The SMILES string of the molecule is O=C(CSc1nncn1-c1cccc(Cl)c1)N1N=C(c2ccco2)CC1c1ccco1. The number of nitrogens with zero attached hydrogens (tertiary/aromatic N) is 5. The Hall–Kier alpha value is -3.30. The summed E-state index contributed by atoms with van der Waals surface area (Å²) in [5, 5.41) is 15.3. The van der Waals surface area contributed by atoms with Crippen LogP contribution in [0.1, 0.15) is 24.0 Å². The van der Waals surface area contributed by atoms with Crippen LogP contribution in [0.15, 0.2) is 86.5 Å². The van der Waals surface area contributed by atoms with Gasteiger partial charge in [-0.3, -0.25) is 9.36 Å². The third-order valence-electron chi connectivity index (χ3n) is 4.77. The molecule has 31 heavy (non-hydrogen) atoms. The van der Waals surface area contributed by atoms with Gasteiger partial charge >= 0.3 is 0 Å². The Bertz CT molecular complexity index is 1220. The van der Waals surface area contributed by atoms with Crippen molar-refractivity contribution in [3.8, 4) is 5.69 Å². The van der Waals surface area contributed by atoms with Crippen LogP contribution in [-0.4, -0.2) is 37.1 Å². The number of carbonyl (C=O) groups excluding carboxylic acids is 1. The van der Waals surface area contributed by atoms with Gasteiger partial charge in [0, 0.05) is 11.4 Å². The quantitative estimate of drug-likeness (QED) is 0.397. The molecule has 0 aliphatic carbocycles. The molecule has 0 saturated heterocycles. The maximum Gasteiger partial charge on any atom is 0.253 e. The fraction of sp³-hybridized carbons (Fsp3) is 0.143. The molecule has 1 aromatic carbocycles. The lowest BCUT2D eigenvalue weighted by Crippen LogP contribution is -2.28. The van der Waals surface area contributed by atoms with Crippen molar-refractivity contribution in [2.45, 2.75) is 17.6 Å². The zero-order valence-electron chi connectivity index (χ0n) is 16.1. The summed E-state index contributed by atoms with van der Waals surface area (Å²) in [5.74, 6) is 1.27. The van der Waals surface area contributed by atoms with Crippen LogP contribution in [0.3, 0.4) is 0 Å². The van der Waals surface area contributed by atoms with Crippen molar-refractivity contribution in [2.75, 3.05) is 5.75 Å². The van der Waals surface area contributed by atoms with Gasteiger partial charge in [0.1, 0.15) is 29.6 Å². The van der Waals surface area contributed by atoms with E-state index in [0.29, 0.717) is 33.8 Å². The summed E-state index contributed by atoms with van der Waals surface area (Å²) in [6.07, 6.45) is 5.27. The van der Waals surface area contributed by atoms with Crippen LogP contribution >= 0.6 is 23.4 Å². The van der Waals surface area contributed by atoms with Crippen LogP contribution in [0.25, 0.3) is 5.69 Å². The first-order valence-electron chi connectivity index (χ1n) is 9.44. The Morgan fingerprint density at radius 2 is 2.03 bits per heavy atom. The molecule has 1 amide bonds. The molecule has 1 unspecified atom stereocenters. The predicted octanol–water partition coefficient (Wildman–Crippen LogP) is 4.58. The number of thioether (sulfide) groups is 1. The number of amides is 1. The average Bonchev–Trinajstić information content (AvgIpc) is 3.56. The van der Waals surface area contributed by atoms with Gasteiger partial charge in [0.15, 0.2) is 5.16 Å². The van der Waals surface area contributed by atoms with E-state index in [4.69, 9.17) is 20.4 Å². The van der Waals surface area contributed by atoms with Crippen LogP contribution in [0.5, 0.6) is 0 Å². The number of furan rings is 2. The Balaban J connectivity index is 1.35. The van der Waals surface area contributed by atoms with E-state index in [2.05, 4.69) is 15.3 Å². The van der Waals surface area contributed by atoms with Crippen molar-refractivity contribution >= 4 is 35.0 Å². The van der Waals surface area contributed by atoms with Gasteiger partial charge in [0.05, 0.1) is 24.0 Å². The summed E-state index contributed by atoms with van der Waals surface area (Å²) >= 11 is 7.37. The number of rotatable bonds is 6. The van der Waals surface area contributed by atoms with E-state index in [9.17, 15) is 4.79 Å². The zero-order valence-corrected chi connectivity index (χ0v) is 17.7. The second-order valence-electron chi connectivity index (χ2n) is 6.75. The molecule has 1 atom stereocenters. The number of halogens is 1. The van der Waals surface area contributed by atoms with Gasteiger partial charge in [0.25, 0.3) is 5.91 Å². The molecule has 3 aromatic heterocycles. The molecule has 0 N–H and O–H groups in total. The number of aromatic nitrogens is 3. The van der Waals surface area contributed by atoms with Crippen molar-refractivity contribution in [1.29, 1.82) is 0 Å². The summed E-state index contributed by atoms with van der Waals surface area (Å²) in [5.41, 5.74) is 1.52. The van der Waals surface area contributed by atoms with Crippen molar-refractivity contribution in [3.05, 3.63) is 83.9 Å². The lowest BCUT2D eigenvalue weighted by atomic mass is 10.1. The molecule has 4 heterocycles. The number of benzene rings is 1. The molecule has 8 nitrogen and oxygen atoms in total. The maximum absolute atomic E-state index is 13.1. The van der Waals surface area contributed by atoms with Gasteiger partial charge in [-0.05, 0) is 42.5 Å². The number of hydrogen-bond donors (Lipinski definition) is 0. The highest BCUT2D eigenvalue weighted by molar-refractivity contribution is 7.99. The van der Waals surface area contributed by atoms with E-state index in [1.165, 1.54) is 16.8 Å². The van der Waals surface area contributed by atoms with Crippen LogP contribution in [0, 0.1) is 0 Å². The highest BCUT2D eigenvalue weighted by Crippen LogP contribution is 2.34. The van der Waals surface area contributed by atoms with Crippen molar-refractivity contribution in [3.63, 3.8) is 0 Å². The van der Waals surface area contributed by atoms with Crippen LogP contribution in [-0.2, 0) is 4.79 Å². The minimum absolute atomic E-state index is 0.130. The fourth-order valence-electron chi connectivity index (χ4n) is 3.35. The average molecular weight is 454 g/mol. The molecule has 4 aromatic rings. The van der Waals surface area contributed by atoms with Gasteiger partial charge in [0.2, 0.25) is 0 Å². The molecule has 10 heteroatoms. The third-order valence-corrected chi connectivity index (χ3v) is 5.93. The molecule has 1 aliphatic rings. The van der Waals surface area contributed by atoms with Crippen molar-refractivity contribution in [1.82, 2.24) is 19.8 Å². The minimum Gasteiger partial charge on any atom is -0.467 e. The van der Waals surface area contributed by atoms with E-state index in [1.807, 2.05) is 30.3 Å². The third kappa shape index (κ3) is 4.01. The van der Waals surface area contributed by atoms with Gasteiger partial charge in [-0.25, -0.2) is 5.01 Å². The largest absolute Gasteiger partial charge is 0.467 e. The first-order valence-corrected chi connectivity index (χ1v) is 10.8. The normalized spacial score (nSPS) is 16.0. The Morgan fingerprint density at radius 1 is 1.16 bits per heavy atom. The topological polar surface area (TPSA) is 89.7 Å². The zero-order chi connectivity index (χ0) is 21.2. The van der Waals surface area contributed by atoms with Crippen molar-refractivity contribution < 1.29 is 13.6 Å². The summed E-state index contributed by atoms with van der Waals surface area (Å²) in [7, 11) is 0. The molecule has 156 valence electrons. The first kappa shape index (κ1) is 19.7. The first-order chi connectivity index (χ1) is 15.2. The monoisotopic (exact) mass is 453 g/mol. The summed E-state index contributed by atoms with van der Waals surface area (Å²) in [6, 6.07) is 14.3. The fourth-order valence-corrected chi connectivity index (χ4v) is 4.32. The number of carbonyl (C=O) groups is 1. The van der Waals surface area contributed by atoms with Gasteiger partial charge in [-0.2, -0.15) is 5.10 Å². The minimum atomic E-state index is -0.325. The van der Waals surface area contributed by atoms with Gasteiger partial charge < -0.3 is 8.83 Å². The van der Waals surface area contributed by atoms with E-state index in [1.54, 1.807) is 41.6 Å². The Labute approximate surface area is 186 Å². The number of hydrogen-bond acceptors (Lipinski definition) is 7. The summed E-state index contributed by atoms with van der Waals surface area (Å²) in [4.78, 5) is 13.1. The van der Waals surface area contributed by atoms with E-state index < -0.39 is 0 Å². The van der Waals surface area contributed by atoms with Crippen LogP contribution in [0.2, 0.25) is 5.02 Å². The second kappa shape index (κ2) is 8.44. The standard InChI is InChI=1S/C21H16ClN5O3S/c22-14-4-1-5-15(10-14)26-13-23-24-21(26)31-12-20(28)27-17(19-7-3-9-30-19)11-16(25-27)18-6-2-8-29-18/h1-10,13,17H,11-12H2. The maximum atomic E-state index is 13.1. The Morgan fingerprint density at radius 3 is 2.81 bits per heavy atom. The highest BCUT2D eigenvalue weighted by Gasteiger charge is 2.35. The van der Waals surface area contributed by atoms with E-state index in [-0.39, 0.29) is 17.7 Å². The molecule has 0 spiro atoms. The van der Waals surface area contributed by atoms with E-state index in [0.717, 1.165) is 5.69 Å². The molecule has 1 aliphatic heterocycles. The highest BCUT2D eigenvalue weighted by atomic mass is 35.5. The Kier molecular flexibility index (Phi) is 5.35. The van der Waals surface area contributed by atoms with Gasteiger partial charge in [-0.1, -0.05) is 29.4 Å². The smallest absolute Gasteiger partial charge is 0.253 e. The molecule has 0 radical (unpaired) electrons. The molecular formula is C21H16ClN5O3S. The molecule has 0 saturated carbocycles. The summed E-state index contributed by atoms with van der Waals surface area (Å²) in [6.45, 7) is 0. The van der Waals surface area contributed by atoms with Crippen LogP contribution < -0.4 is 0 Å². The lowest BCUT2D eigenvalue weighted by molar-refractivity contribution is -0.130. The van der Waals surface area contributed by atoms with Gasteiger partial charge in [-0.15, -0.1) is 10.2 Å². The molecule has 0 fully saturated rings. The van der Waals surface area contributed by atoms with Crippen molar-refractivity contribution in [2.24, 2.45) is 5.10 Å². The lowest BCUT2D eigenvalue weighted by Gasteiger charge is -2.19.